The summed E-state index contributed by atoms with van der Waals surface area (Å²) >= 11 is 0. The average Bonchev–Trinajstić information content (AvgIpc) is 2.11. The van der Waals surface area contributed by atoms with E-state index in [1.165, 1.54) is 0 Å². The molecular weight excluding hydrogens is 180 g/mol. The Morgan fingerprint density at radius 2 is 1.43 bits per heavy atom. The van der Waals surface area contributed by atoms with Crippen LogP contribution in [0.15, 0.2) is 11.3 Å². The summed E-state index contributed by atoms with van der Waals surface area (Å²) in [6.45, 7) is 8.06. The summed E-state index contributed by atoms with van der Waals surface area (Å²) in [7, 11) is 0. The van der Waals surface area contributed by atoms with Crippen molar-refractivity contribution in [3.63, 3.8) is 0 Å². The number of hydrogen-bond donors (Lipinski definition) is 1. The average molecular weight is 196 g/mol. The van der Waals surface area contributed by atoms with Crippen molar-refractivity contribution in [2.24, 2.45) is 10.8 Å². The Labute approximate surface area is 83.8 Å². The highest BCUT2D eigenvalue weighted by molar-refractivity contribution is 6.18. The highest BCUT2D eigenvalue weighted by atomic mass is 16.3. The van der Waals surface area contributed by atoms with Crippen molar-refractivity contribution in [2.75, 3.05) is 0 Å². The van der Waals surface area contributed by atoms with Gasteiger partial charge in [-0.25, -0.2) is 0 Å². The normalized spacial score (nSPS) is 25.5. The Morgan fingerprint density at radius 3 is 1.86 bits per heavy atom. The summed E-state index contributed by atoms with van der Waals surface area (Å²) < 4.78 is 0. The van der Waals surface area contributed by atoms with Gasteiger partial charge in [0, 0.05) is 5.57 Å². The van der Waals surface area contributed by atoms with Crippen LogP contribution in [0.25, 0.3) is 0 Å². The fourth-order valence-corrected chi connectivity index (χ4v) is 2.04. The summed E-state index contributed by atoms with van der Waals surface area (Å²) in [5, 5.41) is 9.72. The summed E-state index contributed by atoms with van der Waals surface area (Å²) in [6, 6.07) is 0. The molecule has 1 N–H and O–H groups in total. The zero-order chi connectivity index (χ0) is 11.3. The van der Waals surface area contributed by atoms with E-state index in [1.54, 1.807) is 34.6 Å². The summed E-state index contributed by atoms with van der Waals surface area (Å²) in [6.07, 6.45) is 0. The first-order valence-corrected chi connectivity index (χ1v) is 4.63. The van der Waals surface area contributed by atoms with Crippen molar-refractivity contribution in [2.45, 2.75) is 34.6 Å². The van der Waals surface area contributed by atoms with Gasteiger partial charge in [-0.15, -0.1) is 0 Å². The van der Waals surface area contributed by atoms with Crippen LogP contribution in [0, 0.1) is 10.8 Å². The van der Waals surface area contributed by atoms with Crippen LogP contribution in [0.1, 0.15) is 34.6 Å². The molecule has 0 aromatic heterocycles. The number of aliphatic hydroxyl groups excluding tert-OH is 1. The van der Waals surface area contributed by atoms with Crippen molar-refractivity contribution >= 4 is 11.6 Å². The van der Waals surface area contributed by atoms with Crippen LogP contribution in [0.5, 0.6) is 0 Å². The van der Waals surface area contributed by atoms with Gasteiger partial charge in [-0.05, 0) is 34.6 Å². The van der Waals surface area contributed by atoms with Crippen molar-refractivity contribution in [1.82, 2.24) is 0 Å². The molecule has 1 aliphatic carbocycles. The Hall–Kier alpha value is -1.12. The first-order valence-electron chi connectivity index (χ1n) is 4.63. The molecule has 0 aromatic rings. The van der Waals surface area contributed by atoms with Crippen LogP contribution in [-0.4, -0.2) is 16.7 Å². The number of ketones is 2. The topological polar surface area (TPSA) is 54.4 Å². The summed E-state index contributed by atoms with van der Waals surface area (Å²) in [4.78, 5) is 23.6. The second-order valence-electron chi connectivity index (χ2n) is 4.88. The molecule has 0 aliphatic heterocycles. The third kappa shape index (κ3) is 1.11. The Balaban J connectivity index is 3.47. The number of Topliss-reactive ketones (excluding diaryl/α,β-unsaturated/α-hetero) is 2. The molecule has 14 heavy (non-hydrogen) atoms. The Morgan fingerprint density at radius 1 is 1.00 bits per heavy atom. The molecule has 0 unspecified atom stereocenters. The zero-order valence-electron chi connectivity index (χ0n) is 9.26. The van der Waals surface area contributed by atoms with E-state index in [-0.39, 0.29) is 17.3 Å². The van der Waals surface area contributed by atoms with E-state index < -0.39 is 10.8 Å². The van der Waals surface area contributed by atoms with Gasteiger partial charge in [0.1, 0.15) is 5.76 Å². The Kier molecular flexibility index (Phi) is 2.10. The molecule has 0 amide bonds. The van der Waals surface area contributed by atoms with Gasteiger partial charge in [-0.1, -0.05) is 0 Å². The lowest BCUT2D eigenvalue weighted by molar-refractivity contribution is -0.144. The third-order valence-corrected chi connectivity index (χ3v) is 2.99. The largest absolute Gasteiger partial charge is 0.511 e. The van der Waals surface area contributed by atoms with Gasteiger partial charge in [0.2, 0.25) is 0 Å². The number of rotatable bonds is 0. The molecule has 0 bridgehead atoms. The van der Waals surface area contributed by atoms with E-state index in [0.29, 0.717) is 5.57 Å². The maximum atomic E-state index is 11.9. The molecular formula is C11H16O3. The highest BCUT2D eigenvalue weighted by Gasteiger charge is 2.51. The molecule has 78 valence electrons. The zero-order valence-corrected chi connectivity index (χ0v) is 9.26. The molecule has 1 aliphatic rings. The minimum absolute atomic E-state index is 0.0909. The minimum atomic E-state index is -1.01. The molecule has 0 saturated heterocycles. The number of carbonyl (C=O) groups is 2. The third-order valence-electron chi connectivity index (χ3n) is 2.99. The van der Waals surface area contributed by atoms with Gasteiger partial charge in [-0.3, -0.25) is 9.59 Å². The van der Waals surface area contributed by atoms with Crippen LogP contribution in [0.2, 0.25) is 0 Å². The molecule has 0 aromatic carbocycles. The predicted octanol–water partition coefficient (Wildman–Crippen LogP) is 2.02. The highest BCUT2D eigenvalue weighted by Crippen LogP contribution is 2.42. The first kappa shape index (κ1) is 11.0. The van der Waals surface area contributed by atoms with Gasteiger partial charge >= 0.3 is 0 Å². The number of carbonyl (C=O) groups excluding carboxylic acids is 2. The van der Waals surface area contributed by atoms with Gasteiger partial charge < -0.3 is 5.11 Å². The van der Waals surface area contributed by atoms with Gasteiger partial charge in [-0.2, -0.15) is 0 Å². The molecule has 0 heterocycles. The van der Waals surface area contributed by atoms with Crippen LogP contribution in [0.3, 0.4) is 0 Å². The van der Waals surface area contributed by atoms with E-state index in [9.17, 15) is 14.7 Å². The van der Waals surface area contributed by atoms with Crippen LogP contribution >= 0.6 is 0 Å². The number of aliphatic hydroxyl groups is 1. The minimum Gasteiger partial charge on any atom is -0.511 e. The van der Waals surface area contributed by atoms with Crippen molar-refractivity contribution in [3.8, 4) is 0 Å². The molecule has 0 spiro atoms. The molecule has 1 rings (SSSR count). The smallest absolute Gasteiger partial charge is 0.174 e. The lowest BCUT2D eigenvalue weighted by Gasteiger charge is -2.37. The maximum Gasteiger partial charge on any atom is 0.174 e. The molecule has 0 atom stereocenters. The first-order chi connectivity index (χ1) is 6.13. The molecule has 0 saturated carbocycles. The fourth-order valence-electron chi connectivity index (χ4n) is 2.04. The monoisotopic (exact) mass is 196 g/mol. The van der Waals surface area contributed by atoms with E-state index in [0.717, 1.165) is 0 Å². The van der Waals surface area contributed by atoms with Gasteiger partial charge in [0.15, 0.2) is 11.6 Å². The van der Waals surface area contributed by atoms with Crippen molar-refractivity contribution < 1.29 is 14.7 Å². The van der Waals surface area contributed by atoms with Gasteiger partial charge in [0.25, 0.3) is 0 Å². The van der Waals surface area contributed by atoms with E-state index in [1.807, 2.05) is 0 Å². The number of allylic oxidation sites excluding steroid dienone is 2. The fraction of sp³-hybridized carbons (Fsp3) is 0.636. The molecule has 3 nitrogen and oxygen atoms in total. The summed E-state index contributed by atoms with van der Waals surface area (Å²) in [5.41, 5.74) is -1.65. The lowest BCUT2D eigenvalue weighted by atomic mass is 9.64. The van der Waals surface area contributed by atoms with Crippen LogP contribution in [0.4, 0.5) is 0 Å². The Bertz CT molecular complexity index is 346. The van der Waals surface area contributed by atoms with Crippen LogP contribution in [-0.2, 0) is 9.59 Å². The second-order valence-corrected chi connectivity index (χ2v) is 4.88. The predicted molar refractivity (Wildman–Crippen MR) is 52.9 cm³/mol. The summed E-state index contributed by atoms with van der Waals surface area (Å²) in [5.74, 6) is -0.593. The lowest BCUT2D eigenvalue weighted by Crippen LogP contribution is -2.48. The SMILES string of the molecule is CC1=C(O)C(C)(C)C(=O)C(C)(C)C1=O. The van der Waals surface area contributed by atoms with E-state index >= 15 is 0 Å². The molecule has 0 fully saturated rings. The van der Waals surface area contributed by atoms with Crippen LogP contribution < -0.4 is 0 Å². The number of hydrogen-bond acceptors (Lipinski definition) is 3. The molecule has 0 radical (unpaired) electrons. The molecule has 3 heteroatoms. The maximum absolute atomic E-state index is 11.9. The van der Waals surface area contributed by atoms with E-state index in [4.69, 9.17) is 0 Å². The van der Waals surface area contributed by atoms with Crippen molar-refractivity contribution in [3.05, 3.63) is 11.3 Å². The quantitative estimate of drug-likeness (QED) is 0.603. The van der Waals surface area contributed by atoms with Crippen molar-refractivity contribution in [1.29, 1.82) is 0 Å². The van der Waals surface area contributed by atoms with E-state index in [2.05, 4.69) is 0 Å². The second kappa shape index (κ2) is 2.69. The van der Waals surface area contributed by atoms with Gasteiger partial charge in [0.05, 0.1) is 10.8 Å². The standard InChI is InChI=1S/C11H16O3/c1-6-7(12)10(2,3)9(14)11(4,5)8(6)13/h12H,1-5H3.